The van der Waals surface area contributed by atoms with E-state index in [0.717, 1.165) is 12.8 Å². The van der Waals surface area contributed by atoms with E-state index >= 15 is 0 Å². The third-order valence-electron chi connectivity index (χ3n) is 4.93. The molecule has 0 fully saturated rings. The Labute approximate surface area is 169 Å². The van der Waals surface area contributed by atoms with Crippen molar-refractivity contribution in [3.05, 3.63) is 71.8 Å². The van der Waals surface area contributed by atoms with Crippen molar-refractivity contribution in [2.75, 3.05) is 6.61 Å². The number of hydrogen-bond donors (Lipinski definition) is 0. The molecule has 28 heavy (non-hydrogen) atoms. The van der Waals surface area contributed by atoms with E-state index in [-0.39, 0.29) is 5.78 Å². The first-order chi connectivity index (χ1) is 13.7. The van der Waals surface area contributed by atoms with E-state index in [1.54, 1.807) is 24.3 Å². The van der Waals surface area contributed by atoms with Crippen LogP contribution in [-0.2, 0) is 9.53 Å². The molecule has 2 aromatic carbocycles. The number of carbonyl (C=O) groups is 2. The van der Waals surface area contributed by atoms with Gasteiger partial charge in [0, 0.05) is 5.56 Å². The van der Waals surface area contributed by atoms with Gasteiger partial charge in [-0.1, -0.05) is 113 Å². The normalized spacial score (nSPS) is 11.8. The van der Waals surface area contributed by atoms with Crippen LogP contribution in [0.3, 0.4) is 0 Å². The largest absolute Gasteiger partial charge is 0.465 e. The Morgan fingerprint density at radius 1 is 0.750 bits per heavy atom. The highest BCUT2D eigenvalue weighted by Gasteiger charge is 2.30. The Bertz CT molecular complexity index is 694. The fourth-order valence-corrected chi connectivity index (χ4v) is 3.30. The average molecular weight is 381 g/mol. The summed E-state index contributed by atoms with van der Waals surface area (Å²) in [6, 6.07) is 18.1. The van der Waals surface area contributed by atoms with Crippen molar-refractivity contribution >= 4 is 11.8 Å². The molecule has 2 rings (SSSR count). The lowest BCUT2D eigenvalue weighted by Gasteiger charge is -2.16. The first-order valence-corrected chi connectivity index (χ1v) is 10.5. The van der Waals surface area contributed by atoms with E-state index in [9.17, 15) is 9.59 Å². The van der Waals surface area contributed by atoms with Crippen molar-refractivity contribution < 1.29 is 14.3 Å². The number of carbonyl (C=O) groups excluding carboxylic acids is 2. The second kappa shape index (κ2) is 12.9. The Balaban J connectivity index is 1.86. The molecule has 0 aliphatic carbocycles. The molecule has 0 amide bonds. The maximum Gasteiger partial charge on any atom is 0.321 e. The van der Waals surface area contributed by atoms with Gasteiger partial charge in [0.15, 0.2) is 5.78 Å². The van der Waals surface area contributed by atoms with Crippen LogP contribution in [0.25, 0.3) is 0 Å². The zero-order valence-corrected chi connectivity index (χ0v) is 16.9. The van der Waals surface area contributed by atoms with Gasteiger partial charge in [-0.25, -0.2) is 0 Å². The topological polar surface area (TPSA) is 43.4 Å². The van der Waals surface area contributed by atoms with Crippen LogP contribution in [-0.4, -0.2) is 18.4 Å². The summed E-state index contributed by atoms with van der Waals surface area (Å²) in [5.74, 6) is -1.58. The van der Waals surface area contributed by atoms with Crippen LogP contribution < -0.4 is 0 Å². The van der Waals surface area contributed by atoms with Gasteiger partial charge >= 0.3 is 5.97 Å². The molecule has 1 atom stereocenters. The van der Waals surface area contributed by atoms with Crippen LogP contribution in [0.2, 0.25) is 0 Å². The summed E-state index contributed by atoms with van der Waals surface area (Å²) in [4.78, 5) is 25.7. The number of ketones is 1. The summed E-state index contributed by atoms with van der Waals surface area (Å²) in [5.41, 5.74) is 1.21. The molecule has 0 saturated heterocycles. The summed E-state index contributed by atoms with van der Waals surface area (Å²) >= 11 is 0. The van der Waals surface area contributed by atoms with Gasteiger partial charge in [-0.05, 0) is 12.0 Å². The van der Waals surface area contributed by atoms with Crippen molar-refractivity contribution in [3.63, 3.8) is 0 Å². The van der Waals surface area contributed by atoms with E-state index in [2.05, 4.69) is 6.92 Å². The monoisotopic (exact) mass is 380 g/mol. The number of benzene rings is 2. The second-order valence-corrected chi connectivity index (χ2v) is 7.22. The molecule has 2 aromatic rings. The molecule has 3 heteroatoms. The number of ether oxygens (including phenoxy) is 1. The highest BCUT2D eigenvalue weighted by atomic mass is 16.5. The molecule has 1 unspecified atom stereocenters. The van der Waals surface area contributed by atoms with Crippen LogP contribution in [0, 0.1) is 0 Å². The van der Waals surface area contributed by atoms with Gasteiger partial charge in [0.05, 0.1) is 6.61 Å². The molecule has 0 N–H and O–H groups in total. The standard InChI is InChI=1S/C25H32O3/c1-2-3-4-5-6-7-8-15-20-28-25(27)23(21-16-11-9-12-17-21)24(26)22-18-13-10-14-19-22/h9-14,16-19,23H,2-8,15,20H2,1H3. The third kappa shape index (κ3) is 7.30. The molecule has 0 saturated carbocycles. The zero-order chi connectivity index (χ0) is 20.0. The predicted molar refractivity (Wildman–Crippen MR) is 114 cm³/mol. The smallest absolute Gasteiger partial charge is 0.321 e. The van der Waals surface area contributed by atoms with Gasteiger partial charge in [0.2, 0.25) is 0 Å². The number of rotatable bonds is 13. The van der Waals surface area contributed by atoms with E-state index < -0.39 is 11.9 Å². The van der Waals surface area contributed by atoms with Gasteiger partial charge in [-0.15, -0.1) is 0 Å². The first-order valence-electron chi connectivity index (χ1n) is 10.5. The molecule has 0 aliphatic rings. The van der Waals surface area contributed by atoms with E-state index in [1.165, 1.54) is 38.5 Å². The van der Waals surface area contributed by atoms with Crippen LogP contribution in [0.1, 0.15) is 80.1 Å². The molecule has 0 heterocycles. The summed E-state index contributed by atoms with van der Waals surface area (Å²) in [7, 11) is 0. The third-order valence-corrected chi connectivity index (χ3v) is 4.93. The summed E-state index contributed by atoms with van der Waals surface area (Å²) in [6.45, 7) is 2.60. The van der Waals surface area contributed by atoms with E-state index in [4.69, 9.17) is 4.74 Å². The fraction of sp³-hybridized carbons (Fsp3) is 0.440. The van der Waals surface area contributed by atoms with Gasteiger partial charge in [0.1, 0.15) is 5.92 Å². The summed E-state index contributed by atoms with van der Waals surface area (Å²) in [6.07, 6.45) is 9.50. The van der Waals surface area contributed by atoms with Crippen molar-refractivity contribution in [1.29, 1.82) is 0 Å². The summed E-state index contributed by atoms with van der Waals surface area (Å²) in [5, 5.41) is 0. The molecule has 0 bridgehead atoms. The predicted octanol–water partition coefficient (Wildman–Crippen LogP) is 6.34. The van der Waals surface area contributed by atoms with Crippen LogP contribution in [0.5, 0.6) is 0 Å². The number of Topliss-reactive ketones (excluding diaryl/α,β-unsaturated/α-hetero) is 1. The maximum atomic E-state index is 12.9. The van der Waals surface area contributed by atoms with Crippen LogP contribution in [0.15, 0.2) is 60.7 Å². The Kier molecular flexibility index (Phi) is 10.1. The van der Waals surface area contributed by atoms with E-state index in [0.29, 0.717) is 17.7 Å². The highest BCUT2D eigenvalue weighted by molar-refractivity contribution is 6.12. The summed E-state index contributed by atoms with van der Waals surface area (Å²) < 4.78 is 5.49. The minimum atomic E-state index is -0.905. The minimum Gasteiger partial charge on any atom is -0.465 e. The lowest BCUT2D eigenvalue weighted by atomic mass is 9.90. The lowest BCUT2D eigenvalue weighted by Crippen LogP contribution is -2.24. The number of hydrogen-bond acceptors (Lipinski definition) is 3. The van der Waals surface area contributed by atoms with E-state index in [1.807, 2.05) is 36.4 Å². The molecular weight excluding hydrogens is 348 g/mol. The Morgan fingerprint density at radius 3 is 1.89 bits per heavy atom. The first kappa shape index (κ1) is 21.9. The fourth-order valence-electron chi connectivity index (χ4n) is 3.30. The molecule has 3 nitrogen and oxygen atoms in total. The van der Waals surface area contributed by atoms with Crippen molar-refractivity contribution in [2.45, 2.75) is 64.2 Å². The molecule has 0 aliphatic heterocycles. The van der Waals surface area contributed by atoms with Crippen LogP contribution >= 0.6 is 0 Å². The molecule has 0 aromatic heterocycles. The second-order valence-electron chi connectivity index (χ2n) is 7.22. The zero-order valence-electron chi connectivity index (χ0n) is 16.9. The van der Waals surface area contributed by atoms with Gasteiger partial charge in [0.25, 0.3) is 0 Å². The Hall–Kier alpha value is -2.42. The van der Waals surface area contributed by atoms with Crippen LogP contribution in [0.4, 0.5) is 0 Å². The maximum absolute atomic E-state index is 12.9. The van der Waals surface area contributed by atoms with Gasteiger partial charge in [-0.2, -0.15) is 0 Å². The molecular formula is C25H32O3. The lowest BCUT2D eigenvalue weighted by molar-refractivity contribution is -0.144. The average Bonchev–Trinajstić information content (AvgIpc) is 2.74. The minimum absolute atomic E-state index is 0.215. The number of esters is 1. The van der Waals surface area contributed by atoms with Crippen molar-refractivity contribution in [1.82, 2.24) is 0 Å². The quantitative estimate of drug-likeness (QED) is 0.176. The highest BCUT2D eigenvalue weighted by Crippen LogP contribution is 2.23. The van der Waals surface area contributed by atoms with Crippen molar-refractivity contribution in [2.24, 2.45) is 0 Å². The molecule has 150 valence electrons. The molecule has 0 spiro atoms. The van der Waals surface area contributed by atoms with Crippen molar-refractivity contribution in [3.8, 4) is 0 Å². The number of unbranched alkanes of at least 4 members (excludes halogenated alkanes) is 7. The Morgan fingerprint density at radius 2 is 1.29 bits per heavy atom. The van der Waals surface area contributed by atoms with Gasteiger partial charge < -0.3 is 4.74 Å². The SMILES string of the molecule is CCCCCCCCCCOC(=O)C(C(=O)c1ccccc1)c1ccccc1. The molecule has 0 radical (unpaired) electrons. The van der Waals surface area contributed by atoms with Gasteiger partial charge in [-0.3, -0.25) is 9.59 Å².